The zero-order valence-electron chi connectivity index (χ0n) is 14.0. The van der Waals surface area contributed by atoms with E-state index in [2.05, 4.69) is 4.98 Å². The van der Waals surface area contributed by atoms with Crippen LogP contribution in [0.25, 0.3) is 22.0 Å². The minimum atomic E-state index is -0.645. The lowest BCUT2D eigenvalue weighted by molar-refractivity contribution is 0.0490. The van der Waals surface area contributed by atoms with Crippen molar-refractivity contribution in [2.24, 2.45) is 0 Å². The van der Waals surface area contributed by atoms with Gasteiger partial charge in [0.25, 0.3) is 0 Å². The number of ether oxygens (including phenoxy) is 1. The van der Waals surface area contributed by atoms with Crippen LogP contribution in [0.3, 0.4) is 0 Å². The van der Waals surface area contributed by atoms with Gasteiger partial charge in [-0.05, 0) is 12.5 Å². The van der Waals surface area contributed by atoms with Crippen molar-refractivity contribution >= 4 is 22.4 Å². The van der Waals surface area contributed by atoms with Crippen LogP contribution in [0.2, 0.25) is 0 Å². The molecule has 25 heavy (non-hydrogen) atoms. The SMILES string of the molecule is CCCCOC(=O)c1nc(-c2ccccc2)c2cccc(N)c2c1O. The van der Waals surface area contributed by atoms with Crippen LogP contribution in [0.15, 0.2) is 48.5 Å². The first-order chi connectivity index (χ1) is 12.1. The van der Waals surface area contributed by atoms with Gasteiger partial charge in [-0.2, -0.15) is 0 Å². The Morgan fingerprint density at radius 2 is 1.92 bits per heavy atom. The van der Waals surface area contributed by atoms with E-state index in [1.165, 1.54) is 0 Å². The molecule has 0 aliphatic carbocycles. The van der Waals surface area contributed by atoms with E-state index in [0.717, 1.165) is 18.4 Å². The fraction of sp³-hybridized carbons (Fsp3) is 0.200. The molecule has 0 unspecified atom stereocenters. The number of carbonyl (C=O) groups excluding carboxylic acids is 1. The highest BCUT2D eigenvalue weighted by atomic mass is 16.5. The number of nitrogen functional groups attached to an aromatic ring is 1. The zero-order chi connectivity index (χ0) is 17.8. The smallest absolute Gasteiger partial charge is 0.360 e. The van der Waals surface area contributed by atoms with E-state index < -0.39 is 5.97 Å². The summed E-state index contributed by atoms with van der Waals surface area (Å²) in [5, 5.41) is 11.7. The van der Waals surface area contributed by atoms with Crippen molar-refractivity contribution < 1.29 is 14.6 Å². The number of pyridine rings is 1. The summed E-state index contributed by atoms with van der Waals surface area (Å²) in [6.45, 7) is 2.30. The Balaban J connectivity index is 2.20. The molecule has 0 atom stereocenters. The van der Waals surface area contributed by atoms with E-state index >= 15 is 0 Å². The van der Waals surface area contributed by atoms with Crippen molar-refractivity contribution in [3.05, 3.63) is 54.2 Å². The van der Waals surface area contributed by atoms with Gasteiger partial charge in [-0.3, -0.25) is 0 Å². The van der Waals surface area contributed by atoms with Crippen LogP contribution in [0, 0.1) is 0 Å². The summed E-state index contributed by atoms with van der Waals surface area (Å²) in [6.07, 6.45) is 1.67. The molecule has 3 N–H and O–H groups in total. The molecule has 0 aliphatic heterocycles. The van der Waals surface area contributed by atoms with Gasteiger partial charge in [-0.25, -0.2) is 9.78 Å². The maximum atomic E-state index is 12.4. The lowest BCUT2D eigenvalue weighted by atomic mass is 10.0. The molecule has 1 heterocycles. The van der Waals surface area contributed by atoms with Crippen LogP contribution in [0.5, 0.6) is 5.75 Å². The minimum Gasteiger partial charge on any atom is -0.505 e. The Morgan fingerprint density at radius 1 is 1.16 bits per heavy atom. The second-order valence-electron chi connectivity index (χ2n) is 5.78. The molecule has 0 spiro atoms. The van der Waals surface area contributed by atoms with E-state index in [9.17, 15) is 9.90 Å². The summed E-state index contributed by atoms with van der Waals surface area (Å²) in [5.74, 6) is -0.887. The molecule has 2 aromatic carbocycles. The Bertz CT molecular complexity index is 908. The van der Waals surface area contributed by atoms with E-state index in [4.69, 9.17) is 10.5 Å². The number of anilines is 1. The quantitative estimate of drug-likeness (QED) is 0.415. The molecule has 0 saturated heterocycles. The number of carbonyl (C=O) groups is 1. The molecule has 5 heteroatoms. The lowest BCUT2D eigenvalue weighted by Gasteiger charge is -2.13. The third-order valence-electron chi connectivity index (χ3n) is 4.01. The minimum absolute atomic E-state index is 0.111. The molecule has 0 amide bonds. The van der Waals surface area contributed by atoms with Crippen molar-refractivity contribution in [3.63, 3.8) is 0 Å². The van der Waals surface area contributed by atoms with Crippen LogP contribution in [-0.4, -0.2) is 22.7 Å². The second kappa shape index (κ2) is 7.21. The lowest BCUT2D eigenvalue weighted by Crippen LogP contribution is -2.10. The fourth-order valence-corrected chi connectivity index (χ4v) is 2.71. The average Bonchev–Trinajstić information content (AvgIpc) is 2.63. The molecule has 0 bridgehead atoms. The zero-order valence-corrected chi connectivity index (χ0v) is 14.0. The van der Waals surface area contributed by atoms with Gasteiger partial charge in [0.1, 0.15) is 0 Å². The predicted octanol–water partition coefficient (Wildman–Crippen LogP) is 4.15. The number of rotatable bonds is 5. The summed E-state index contributed by atoms with van der Waals surface area (Å²) < 4.78 is 5.23. The summed E-state index contributed by atoms with van der Waals surface area (Å²) >= 11 is 0. The molecule has 3 aromatic rings. The molecular weight excluding hydrogens is 316 g/mol. The number of nitrogens with zero attached hydrogens (tertiary/aromatic N) is 1. The maximum absolute atomic E-state index is 12.4. The number of fused-ring (bicyclic) bond motifs is 1. The summed E-state index contributed by atoms with van der Waals surface area (Å²) in [7, 11) is 0. The molecule has 0 aliphatic rings. The molecule has 0 fully saturated rings. The van der Waals surface area contributed by atoms with E-state index in [0.29, 0.717) is 28.8 Å². The van der Waals surface area contributed by atoms with Gasteiger partial charge in [0.2, 0.25) is 0 Å². The number of hydrogen-bond donors (Lipinski definition) is 2. The standard InChI is InChI=1S/C20H20N2O3/c1-2-3-12-25-20(24)18-19(23)16-14(10-7-11-15(16)21)17(22-18)13-8-5-4-6-9-13/h4-11,23H,2-3,12,21H2,1H3. The molecule has 128 valence electrons. The highest BCUT2D eigenvalue weighted by molar-refractivity contribution is 6.09. The number of nitrogens with two attached hydrogens (primary N) is 1. The Kier molecular flexibility index (Phi) is 4.84. The number of unbranched alkanes of at least 4 members (excludes halogenated alkanes) is 1. The summed E-state index contributed by atoms with van der Waals surface area (Å²) in [5.41, 5.74) is 7.75. The highest BCUT2D eigenvalue weighted by Crippen LogP contribution is 2.37. The van der Waals surface area contributed by atoms with Crippen molar-refractivity contribution in [2.75, 3.05) is 12.3 Å². The molecular formula is C20H20N2O3. The van der Waals surface area contributed by atoms with Crippen molar-refractivity contribution in [3.8, 4) is 17.0 Å². The maximum Gasteiger partial charge on any atom is 0.360 e. The fourth-order valence-electron chi connectivity index (χ4n) is 2.71. The van der Waals surface area contributed by atoms with E-state index in [1.54, 1.807) is 12.1 Å². The first-order valence-corrected chi connectivity index (χ1v) is 8.27. The van der Waals surface area contributed by atoms with Gasteiger partial charge >= 0.3 is 5.97 Å². The van der Waals surface area contributed by atoms with Crippen LogP contribution in [0.1, 0.15) is 30.3 Å². The van der Waals surface area contributed by atoms with Crippen LogP contribution < -0.4 is 5.73 Å². The largest absolute Gasteiger partial charge is 0.505 e. The summed E-state index contributed by atoms with van der Waals surface area (Å²) in [6, 6.07) is 14.8. The summed E-state index contributed by atoms with van der Waals surface area (Å²) in [4.78, 5) is 16.8. The molecule has 5 nitrogen and oxygen atoms in total. The Hall–Kier alpha value is -3.08. The van der Waals surface area contributed by atoms with E-state index in [-0.39, 0.29) is 11.4 Å². The molecule has 1 aromatic heterocycles. The van der Waals surface area contributed by atoms with Crippen molar-refractivity contribution in [2.45, 2.75) is 19.8 Å². The van der Waals surface area contributed by atoms with Crippen LogP contribution in [-0.2, 0) is 4.74 Å². The Morgan fingerprint density at radius 3 is 2.64 bits per heavy atom. The number of aromatic hydroxyl groups is 1. The predicted molar refractivity (Wildman–Crippen MR) is 98.4 cm³/mol. The van der Waals surface area contributed by atoms with Gasteiger partial charge in [-0.15, -0.1) is 0 Å². The van der Waals surface area contributed by atoms with Crippen molar-refractivity contribution in [1.29, 1.82) is 0 Å². The van der Waals surface area contributed by atoms with Crippen molar-refractivity contribution in [1.82, 2.24) is 4.98 Å². The van der Waals surface area contributed by atoms with Gasteiger partial charge in [0.15, 0.2) is 11.4 Å². The Labute approximate surface area is 146 Å². The van der Waals surface area contributed by atoms with Gasteiger partial charge < -0.3 is 15.6 Å². The van der Waals surface area contributed by atoms with Gasteiger partial charge in [0, 0.05) is 16.6 Å². The first kappa shape index (κ1) is 16.8. The average molecular weight is 336 g/mol. The number of esters is 1. The number of hydrogen-bond acceptors (Lipinski definition) is 5. The third-order valence-corrected chi connectivity index (χ3v) is 4.01. The van der Waals surface area contributed by atoms with E-state index in [1.807, 2.05) is 43.3 Å². The highest BCUT2D eigenvalue weighted by Gasteiger charge is 2.22. The molecule has 0 saturated carbocycles. The van der Waals surface area contributed by atoms with Gasteiger partial charge in [0.05, 0.1) is 17.7 Å². The number of benzene rings is 2. The number of aromatic nitrogens is 1. The second-order valence-corrected chi connectivity index (χ2v) is 5.78. The van der Waals surface area contributed by atoms with Gasteiger partial charge in [-0.1, -0.05) is 55.8 Å². The van der Waals surface area contributed by atoms with Crippen LogP contribution in [0.4, 0.5) is 5.69 Å². The molecule has 3 rings (SSSR count). The monoisotopic (exact) mass is 336 g/mol. The third kappa shape index (κ3) is 3.26. The first-order valence-electron chi connectivity index (χ1n) is 8.27. The molecule has 0 radical (unpaired) electrons. The van der Waals surface area contributed by atoms with Crippen LogP contribution >= 0.6 is 0 Å². The topological polar surface area (TPSA) is 85.4 Å². The normalized spacial score (nSPS) is 10.8.